The largest absolute Gasteiger partial charge is 0.493 e. The fourth-order valence-corrected chi connectivity index (χ4v) is 2.19. The van der Waals surface area contributed by atoms with Crippen molar-refractivity contribution >= 4 is 0 Å². The lowest BCUT2D eigenvalue weighted by Gasteiger charge is -2.26. The summed E-state index contributed by atoms with van der Waals surface area (Å²) in [5, 5.41) is 3.66. The van der Waals surface area contributed by atoms with Gasteiger partial charge in [0.1, 0.15) is 5.75 Å². The Morgan fingerprint density at radius 1 is 1.20 bits per heavy atom. The molecule has 1 fully saturated rings. The van der Waals surface area contributed by atoms with Crippen molar-refractivity contribution in [2.45, 2.75) is 25.3 Å². The third kappa shape index (κ3) is 2.00. The van der Waals surface area contributed by atoms with Crippen LogP contribution in [0.4, 0.5) is 0 Å². The molecule has 1 aliphatic heterocycles. The van der Waals surface area contributed by atoms with Gasteiger partial charge in [-0.1, -0.05) is 18.2 Å². The van der Waals surface area contributed by atoms with Gasteiger partial charge in [-0.05, 0) is 31.4 Å². The second kappa shape index (κ2) is 3.86. The van der Waals surface area contributed by atoms with Crippen molar-refractivity contribution in [2.75, 3.05) is 13.2 Å². The summed E-state index contributed by atoms with van der Waals surface area (Å²) < 4.78 is 5.64. The van der Waals surface area contributed by atoms with E-state index in [1.165, 1.54) is 24.9 Å². The van der Waals surface area contributed by atoms with Crippen LogP contribution >= 0.6 is 0 Å². The molecule has 80 valence electrons. The van der Waals surface area contributed by atoms with E-state index < -0.39 is 0 Å². The molecule has 0 spiro atoms. The first kappa shape index (κ1) is 9.22. The molecule has 2 nitrogen and oxygen atoms in total. The van der Waals surface area contributed by atoms with Gasteiger partial charge in [0, 0.05) is 18.0 Å². The summed E-state index contributed by atoms with van der Waals surface area (Å²) in [5.41, 5.74) is 1.34. The van der Waals surface area contributed by atoms with Gasteiger partial charge < -0.3 is 10.1 Å². The van der Waals surface area contributed by atoms with Crippen LogP contribution in [0.25, 0.3) is 0 Å². The van der Waals surface area contributed by atoms with Crippen LogP contribution in [0.2, 0.25) is 0 Å². The summed E-state index contributed by atoms with van der Waals surface area (Å²) >= 11 is 0. The lowest BCUT2D eigenvalue weighted by molar-refractivity contribution is 0.252. The van der Waals surface area contributed by atoms with Crippen LogP contribution in [0.3, 0.4) is 0 Å². The van der Waals surface area contributed by atoms with Crippen molar-refractivity contribution in [3.63, 3.8) is 0 Å². The van der Waals surface area contributed by atoms with Crippen molar-refractivity contribution < 1.29 is 4.74 Å². The third-order valence-electron chi connectivity index (χ3n) is 3.31. The zero-order chi connectivity index (χ0) is 10.1. The van der Waals surface area contributed by atoms with Gasteiger partial charge in [0.25, 0.3) is 0 Å². The average Bonchev–Trinajstić information content (AvgIpc) is 3.10. The summed E-state index contributed by atoms with van der Waals surface area (Å²) in [5.74, 6) is 2.01. The van der Waals surface area contributed by atoms with Crippen LogP contribution in [0.1, 0.15) is 30.9 Å². The van der Waals surface area contributed by atoms with E-state index in [1.54, 1.807) is 0 Å². The smallest absolute Gasteiger partial charge is 0.124 e. The van der Waals surface area contributed by atoms with E-state index in [9.17, 15) is 0 Å². The molecule has 0 bridgehead atoms. The molecule has 1 N–H and O–H groups in total. The standard InChI is InChI=1S/C13H17NO/c1-2-4-13-11(3-1)12(7-8-15-13)14-9-10-5-6-10/h1-4,10,12,14H,5-9H2/t12-/m0/s1. The highest BCUT2D eigenvalue weighted by Crippen LogP contribution is 2.33. The number of ether oxygens (including phenoxy) is 1. The molecule has 2 heteroatoms. The maximum absolute atomic E-state index is 5.64. The molecule has 0 aromatic heterocycles. The minimum atomic E-state index is 0.510. The minimum absolute atomic E-state index is 0.510. The van der Waals surface area contributed by atoms with Crippen molar-refractivity contribution in [1.29, 1.82) is 0 Å². The Bertz CT molecular complexity index is 346. The predicted octanol–water partition coefficient (Wildman–Crippen LogP) is 2.51. The van der Waals surface area contributed by atoms with E-state index >= 15 is 0 Å². The van der Waals surface area contributed by atoms with Gasteiger partial charge in [0.2, 0.25) is 0 Å². The highest BCUT2D eigenvalue weighted by molar-refractivity contribution is 5.37. The highest BCUT2D eigenvalue weighted by atomic mass is 16.5. The number of nitrogens with one attached hydrogen (secondary N) is 1. The summed E-state index contributed by atoms with van der Waals surface area (Å²) in [4.78, 5) is 0. The quantitative estimate of drug-likeness (QED) is 0.815. The first-order valence-electron chi connectivity index (χ1n) is 5.88. The molecule has 3 rings (SSSR count). The van der Waals surface area contributed by atoms with Gasteiger partial charge in [-0.25, -0.2) is 0 Å². The van der Waals surface area contributed by atoms with Crippen LogP contribution < -0.4 is 10.1 Å². The highest BCUT2D eigenvalue weighted by Gasteiger charge is 2.25. The van der Waals surface area contributed by atoms with Crippen LogP contribution in [-0.2, 0) is 0 Å². The minimum Gasteiger partial charge on any atom is -0.493 e. The molecular weight excluding hydrogens is 186 g/mol. The second-order valence-electron chi connectivity index (χ2n) is 4.58. The molecule has 1 aliphatic carbocycles. The SMILES string of the molecule is c1ccc2c(c1)OCC[C@@H]2NCC1CC1. The van der Waals surface area contributed by atoms with Gasteiger partial charge in [-0.2, -0.15) is 0 Å². The Balaban J connectivity index is 1.73. The molecule has 1 aromatic rings. The molecule has 1 atom stereocenters. The van der Waals surface area contributed by atoms with E-state index in [1.807, 2.05) is 6.07 Å². The van der Waals surface area contributed by atoms with Crippen molar-refractivity contribution in [3.05, 3.63) is 29.8 Å². The van der Waals surface area contributed by atoms with Gasteiger partial charge >= 0.3 is 0 Å². The van der Waals surface area contributed by atoms with E-state index in [2.05, 4.69) is 23.5 Å². The van der Waals surface area contributed by atoms with E-state index in [0.717, 1.165) is 24.7 Å². The lowest BCUT2D eigenvalue weighted by atomic mass is 10.0. The molecule has 1 heterocycles. The Morgan fingerprint density at radius 2 is 2.07 bits per heavy atom. The zero-order valence-electron chi connectivity index (χ0n) is 8.91. The Morgan fingerprint density at radius 3 is 2.93 bits per heavy atom. The Hall–Kier alpha value is -1.02. The molecule has 1 aromatic carbocycles. The first-order valence-corrected chi connectivity index (χ1v) is 5.88. The molecule has 0 amide bonds. The lowest BCUT2D eigenvalue weighted by Crippen LogP contribution is -2.28. The number of hydrogen-bond acceptors (Lipinski definition) is 2. The molecule has 0 radical (unpaired) electrons. The van der Waals surface area contributed by atoms with Gasteiger partial charge in [-0.3, -0.25) is 0 Å². The summed E-state index contributed by atoms with van der Waals surface area (Å²) in [6, 6.07) is 8.90. The Kier molecular flexibility index (Phi) is 2.37. The van der Waals surface area contributed by atoms with Crippen LogP contribution in [0.15, 0.2) is 24.3 Å². The van der Waals surface area contributed by atoms with E-state index in [0.29, 0.717) is 6.04 Å². The first-order chi connectivity index (χ1) is 7.43. The van der Waals surface area contributed by atoms with Crippen LogP contribution in [0.5, 0.6) is 5.75 Å². The molecule has 0 unspecified atom stereocenters. The molecule has 1 saturated carbocycles. The summed E-state index contributed by atoms with van der Waals surface area (Å²) in [6.07, 6.45) is 3.93. The molecule has 0 saturated heterocycles. The number of hydrogen-bond donors (Lipinski definition) is 1. The summed E-state index contributed by atoms with van der Waals surface area (Å²) in [7, 11) is 0. The fourth-order valence-electron chi connectivity index (χ4n) is 2.19. The van der Waals surface area contributed by atoms with Gasteiger partial charge in [0.05, 0.1) is 6.61 Å². The maximum Gasteiger partial charge on any atom is 0.124 e. The van der Waals surface area contributed by atoms with Gasteiger partial charge in [-0.15, -0.1) is 0 Å². The normalized spacial score (nSPS) is 24.4. The van der Waals surface area contributed by atoms with E-state index in [4.69, 9.17) is 4.74 Å². The monoisotopic (exact) mass is 203 g/mol. The Labute approximate surface area is 90.6 Å². The number of para-hydroxylation sites is 1. The van der Waals surface area contributed by atoms with Crippen LogP contribution in [-0.4, -0.2) is 13.2 Å². The van der Waals surface area contributed by atoms with Crippen molar-refractivity contribution in [3.8, 4) is 5.75 Å². The van der Waals surface area contributed by atoms with Gasteiger partial charge in [0.15, 0.2) is 0 Å². The maximum atomic E-state index is 5.64. The van der Waals surface area contributed by atoms with Crippen molar-refractivity contribution in [1.82, 2.24) is 5.32 Å². The third-order valence-corrected chi connectivity index (χ3v) is 3.31. The topological polar surface area (TPSA) is 21.3 Å². The van der Waals surface area contributed by atoms with Crippen molar-refractivity contribution in [2.24, 2.45) is 5.92 Å². The van der Waals surface area contributed by atoms with E-state index in [-0.39, 0.29) is 0 Å². The molecule has 15 heavy (non-hydrogen) atoms. The fraction of sp³-hybridized carbons (Fsp3) is 0.538. The average molecular weight is 203 g/mol. The summed E-state index contributed by atoms with van der Waals surface area (Å²) in [6.45, 7) is 2.03. The zero-order valence-corrected chi connectivity index (χ0v) is 8.91. The number of rotatable bonds is 3. The second-order valence-corrected chi connectivity index (χ2v) is 4.58. The molecule has 2 aliphatic rings. The van der Waals surface area contributed by atoms with Crippen LogP contribution in [0, 0.1) is 5.92 Å². The predicted molar refractivity (Wildman–Crippen MR) is 60.0 cm³/mol. The number of benzene rings is 1. The number of fused-ring (bicyclic) bond motifs is 1. The molecular formula is C13H17NO.